The van der Waals surface area contributed by atoms with E-state index in [1.807, 2.05) is 37.4 Å². The first kappa shape index (κ1) is 13.3. The Balaban J connectivity index is 2.61. The number of primary amides is 1. The molecule has 4 N–H and O–H groups in total. The Bertz CT molecular complexity index is 376. The van der Waals surface area contributed by atoms with Gasteiger partial charge in [-0.2, -0.15) is 0 Å². The minimum absolute atomic E-state index is 0.369. The van der Waals surface area contributed by atoms with Gasteiger partial charge in [-0.1, -0.05) is 36.9 Å². The molecule has 0 bridgehead atoms. The number of benzene rings is 1. The molecular weight excluding hydrogens is 214 g/mol. The number of likely N-dealkylation sites (N-methyl/N-ethyl adjacent to an activating group) is 1. The Hall–Kier alpha value is -1.81. The minimum atomic E-state index is -0.418. The molecule has 0 aliphatic carbocycles. The summed E-state index contributed by atoms with van der Waals surface area (Å²) in [7, 11) is 1.82. The van der Waals surface area contributed by atoms with Crippen molar-refractivity contribution in [2.24, 2.45) is 5.73 Å². The van der Waals surface area contributed by atoms with Crippen LogP contribution in [-0.2, 0) is 11.2 Å². The van der Waals surface area contributed by atoms with Gasteiger partial charge in [0, 0.05) is 18.7 Å². The van der Waals surface area contributed by atoms with Crippen LogP contribution < -0.4 is 16.4 Å². The number of hydrogen-bond donors (Lipinski definition) is 3. The highest BCUT2D eigenvalue weighted by Gasteiger charge is 2.15. The Labute approximate surface area is 102 Å². The molecule has 4 heteroatoms. The predicted molar refractivity (Wildman–Crippen MR) is 69.3 cm³/mol. The molecule has 0 fully saturated rings. The normalized spacial score (nSPS) is 11.8. The van der Waals surface area contributed by atoms with E-state index in [0.717, 1.165) is 11.3 Å². The van der Waals surface area contributed by atoms with Crippen molar-refractivity contribution in [2.75, 3.05) is 13.6 Å². The van der Waals surface area contributed by atoms with Gasteiger partial charge in [0.2, 0.25) is 5.91 Å². The molecule has 0 saturated heterocycles. The molecule has 0 spiro atoms. The molecule has 4 nitrogen and oxygen atoms in total. The number of nitrogens with two attached hydrogens (primary N) is 1. The lowest BCUT2D eigenvalue weighted by molar-refractivity contribution is -0.119. The van der Waals surface area contributed by atoms with Crippen LogP contribution in [0, 0.1) is 0 Å². The number of nitrogens with one attached hydrogen (secondary N) is 2. The molecule has 0 heterocycles. The van der Waals surface area contributed by atoms with Crippen LogP contribution >= 0.6 is 0 Å². The minimum Gasteiger partial charge on any atom is -0.376 e. The SMILES string of the molecule is C=C(CNC)N[C@@H](Cc1ccccc1)C(N)=O. The Morgan fingerprint density at radius 2 is 2.06 bits per heavy atom. The van der Waals surface area contributed by atoms with E-state index in [1.54, 1.807) is 0 Å². The van der Waals surface area contributed by atoms with Crippen molar-refractivity contribution in [3.8, 4) is 0 Å². The zero-order chi connectivity index (χ0) is 12.7. The second-order valence-electron chi connectivity index (χ2n) is 3.92. The summed E-state index contributed by atoms with van der Waals surface area (Å²) in [5.41, 5.74) is 7.19. The van der Waals surface area contributed by atoms with Gasteiger partial charge in [-0.15, -0.1) is 0 Å². The number of carbonyl (C=O) groups is 1. The second kappa shape index (κ2) is 6.70. The van der Waals surface area contributed by atoms with E-state index in [-0.39, 0.29) is 5.91 Å². The summed E-state index contributed by atoms with van der Waals surface area (Å²) in [6.07, 6.45) is 0.568. The zero-order valence-corrected chi connectivity index (χ0v) is 10.1. The Kier molecular flexibility index (Phi) is 5.23. The van der Waals surface area contributed by atoms with Gasteiger partial charge in [-0.3, -0.25) is 4.79 Å². The molecule has 1 aromatic rings. The van der Waals surface area contributed by atoms with E-state index in [2.05, 4.69) is 17.2 Å². The zero-order valence-electron chi connectivity index (χ0n) is 10.1. The first-order valence-electron chi connectivity index (χ1n) is 5.55. The third kappa shape index (κ3) is 4.70. The summed E-state index contributed by atoms with van der Waals surface area (Å²) >= 11 is 0. The van der Waals surface area contributed by atoms with Crippen LogP contribution in [0.15, 0.2) is 42.6 Å². The maximum Gasteiger partial charge on any atom is 0.240 e. The number of amides is 1. The molecule has 0 aliphatic rings. The maximum absolute atomic E-state index is 11.3. The molecule has 1 amide bonds. The quantitative estimate of drug-likeness (QED) is 0.639. The highest BCUT2D eigenvalue weighted by atomic mass is 16.1. The molecule has 0 unspecified atom stereocenters. The van der Waals surface area contributed by atoms with Crippen molar-refractivity contribution in [2.45, 2.75) is 12.5 Å². The summed E-state index contributed by atoms with van der Waals surface area (Å²) < 4.78 is 0. The fourth-order valence-corrected chi connectivity index (χ4v) is 1.58. The van der Waals surface area contributed by atoms with Gasteiger partial charge in [-0.25, -0.2) is 0 Å². The Morgan fingerprint density at radius 3 is 2.59 bits per heavy atom. The molecule has 92 valence electrons. The first-order chi connectivity index (χ1) is 8.13. The summed E-state index contributed by atoms with van der Waals surface area (Å²) in [5, 5.41) is 6.00. The molecular formula is C13H19N3O. The lowest BCUT2D eigenvalue weighted by atomic mass is 10.1. The summed E-state index contributed by atoms with van der Waals surface area (Å²) in [4.78, 5) is 11.3. The van der Waals surface area contributed by atoms with Crippen molar-refractivity contribution < 1.29 is 4.79 Å². The third-order valence-electron chi connectivity index (χ3n) is 2.39. The fraction of sp³-hybridized carbons (Fsp3) is 0.308. The van der Waals surface area contributed by atoms with Gasteiger partial charge in [0.25, 0.3) is 0 Å². The lowest BCUT2D eigenvalue weighted by Crippen LogP contribution is -2.43. The lowest BCUT2D eigenvalue weighted by Gasteiger charge is -2.18. The van der Waals surface area contributed by atoms with Crippen LogP contribution in [-0.4, -0.2) is 25.5 Å². The van der Waals surface area contributed by atoms with Gasteiger partial charge in [0.05, 0.1) is 0 Å². The Morgan fingerprint density at radius 1 is 1.41 bits per heavy atom. The fourth-order valence-electron chi connectivity index (χ4n) is 1.58. The van der Waals surface area contributed by atoms with Crippen LogP contribution in [0.1, 0.15) is 5.56 Å². The van der Waals surface area contributed by atoms with Gasteiger partial charge in [-0.05, 0) is 12.6 Å². The molecule has 0 aromatic heterocycles. The summed E-state index contributed by atoms with van der Waals surface area (Å²) in [5.74, 6) is -0.369. The van der Waals surface area contributed by atoms with E-state index in [0.29, 0.717) is 13.0 Å². The van der Waals surface area contributed by atoms with Crippen LogP contribution in [0.5, 0.6) is 0 Å². The van der Waals surface area contributed by atoms with Crippen molar-refractivity contribution >= 4 is 5.91 Å². The topological polar surface area (TPSA) is 67.2 Å². The smallest absolute Gasteiger partial charge is 0.240 e. The highest BCUT2D eigenvalue weighted by molar-refractivity contribution is 5.80. The molecule has 0 radical (unpaired) electrons. The number of carbonyl (C=O) groups excluding carboxylic acids is 1. The van der Waals surface area contributed by atoms with Crippen molar-refractivity contribution in [3.63, 3.8) is 0 Å². The molecule has 1 atom stereocenters. The third-order valence-corrected chi connectivity index (χ3v) is 2.39. The van der Waals surface area contributed by atoms with Crippen molar-refractivity contribution in [1.82, 2.24) is 10.6 Å². The second-order valence-corrected chi connectivity index (χ2v) is 3.92. The van der Waals surface area contributed by atoms with Gasteiger partial charge >= 0.3 is 0 Å². The molecule has 0 saturated carbocycles. The molecule has 0 aliphatic heterocycles. The van der Waals surface area contributed by atoms with Crippen LogP contribution in [0.4, 0.5) is 0 Å². The van der Waals surface area contributed by atoms with E-state index in [4.69, 9.17) is 5.73 Å². The van der Waals surface area contributed by atoms with Crippen LogP contribution in [0.2, 0.25) is 0 Å². The molecule has 1 aromatic carbocycles. The van der Waals surface area contributed by atoms with E-state index in [1.165, 1.54) is 0 Å². The maximum atomic E-state index is 11.3. The number of rotatable bonds is 7. The van der Waals surface area contributed by atoms with Crippen LogP contribution in [0.25, 0.3) is 0 Å². The summed E-state index contributed by atoms with van der Waals surface area (Å²) in [6, 6.07) is 9.34. The first-order valence-corrected chi connectivity index (χ1v) is 5.55. The van der Waals surface area contributed by atoms with Crippen LogP contribution in [0.3, 0.4) is 0 Å². The standard InChI is InChI=1S/C13H19N3O/c1-10(9-15-2)16-12(13(14)17)8-11-6-4-3-5-7-11/h3-7,12,15-16H,1,8-9H2,2H3,(H2,14,17)/t12-/m0/s1. The van der Waals surface area contributed by atoms with Gasteiger partial charge < -0.3 is 16.4 Å². The monoisotopic (exact) mass is 233 g/mol. The van der Waals surface area contributed by atoms with E-state index >= 15 is 0 Å². The van der Waals surface area contributed by atoms with E-state index in [9.17, 15) is 4.79 Å². The largest absolute Gasteiger partial charge is 0.376 e. The average molecular weight is 233 g/mol. The molecule has 1 rings (SSSR count). The van der Waals surface area contributed by atoms with Crippen molar-refractivity contribution in [1.29, 1.82) is 0 Å². The molecule has 17 heavy (non-hydrogen) atoms. The summed E-state index contributed by atoms with van der Waals surface area (Å²) in [6.45, 7) is 4.44. The van der Waals surface area contributed by atoms with Gasteiger partial charge in [0.15, 0.2) is 0 Å². The van der Waals surface area contributed by atoms with Gasteiger partial charge in [0.1, 0.15) is 6.04 Å². The highest BCUT2D eigenvalue weighted by Crippen LogP contribution is 2.04. The number of hydrogen-bond acceptors (Lipinski definition) is 3. The van der Waals surface area contributed by atoms with E-state index < -0.39 is 6.04 Å². The predicted octanol–water partition coefficient (Wildman–Crippen LogP) is 0.406. The van der Waals surface area contributed by atoms with Crippen molar-refractivity contribution in [3.05, 3.63) is 48.2 Å². The average Bonchev–Trinajstić information content (AvgIpc) is 2.29.